The molecule has 0 heterocycles. The summed E-state index contributed by atoms with van der Waals surface area (Å²) in [4.78, 5) is 11.4. The number of hydrogen-bond donors (Lipinski definition) is 1. The molecule has 1 aromatic carbocycles. The largest absolute Gasteiger partial charge is 0.459 e. The molecule has 0 bridgehead atoms. The summed E-state index contributed by atoms with van der Waals surface area (Å²) in [6.45, 7) is 0.237. The van der Waals surface area contributed by atoms with Crippen molar-refractivity contribution in [3.05, 3.63) is 35.9 Å². The number of ether oxygens (including phenoxy) is 1. The zero-order chi connectivity index (χ0) is 11.4. The van der Waals surface area contributed by atoms with Gasteiger partial charge in [-0.05, 0) is 17.9 Å². The van der Waals surface area contributed by atoms with Gasteiger partial charge in [-0.25, -0.2) is 4.79 Å². The van der Waals surface area contributed by atoms with Gasteiger partial charge < -0.3 is 9.84 Å². The predicted octanol–water partition coefficient (Wildman–Crippen LogP) is 1.89. The highest BCUT2D eigenvalue weighted by molar-refractivity contribution is 5.74. The topological polar surface area (TPSA) is 46.5 Å². The molecule has 1 aliphatic carbocycles. The van der Waals surface area contributed by atoms with Gasteiger partial charge in [0.05, 0.1) is 0 Å². The first-order valence-corrected chi connectivity index (χ1v) is 5.64. The maximum absolute atomic E-state index is 11.4. The van der Waals surface area contributed by atoms with Crippen LogP contribution in [-0.2, 0) is 16.1 Å². The first-order chi connectivity index (χ1) is 7.75. The second-order valence-electron chi connectivity index (χ2n) is 4.29. The van der Waals surface area contributed by atoms with Gasteiger partial charge in [0.1, 0.15) is 6.61 Å². The lowest BCUT2D eigenvalue weighted by Gasteiger charge is -2.09. The number of aliphatic hydroxyl groups excluding tert-OH is 1. The molecule has 86 valence electrons. The summed E-state index contributed by atoms with van der Waals surface area (Å²) < 4.78 is 5.03. The van der Waals surface area contributed by atoms with Crippen LogP contribution in [0.3, 0.4) is 0 Å². The Morgan fingerprint density at radius 2 is 2.06 bits per heavy atom. The van der Waals surface area contributed by atoms with E-state index in [9.17, 15) is 9.90 Å². The van der Waals surface area contributed by atoms with Crippen molar-refractivity contribution >= 4 is 5.97 Å². The lowest BCUT2D eigenvalue weighted by molar-refractivity contribution is -0.155. The van der Waals surface area contributed by atoms with E-state index in [4.69, 9.17) is 4.74 Å². The third kappa shape index (κ3) is 3.35. The minimum Gasteiger partial charge on any atom is -0.459 e. The van der Waals surface area contributed by atoms with Crippen LogP contribution in [0.15, 0.2) is 30.3 Å². The molecule has 3 nitrogen and oxygen atoms in total. The fraction of sp³-hybridized carbons (Fsp3) is 0.462. The van der Waals surface area contributed by atoms with Gasteiger partial charge in [0, 0.05) is 0 Å². The van der Waals surface area contributed by atoms with Crippen LogP contribution in [0, 0.1) is 5.92 Å². The number of carbonyl (C=O) groups excluding carboxylic acids is 1. The van der Waals surface area contributed by atoms with Gasteiger partial charge in [0.25, 0.3) is 0 Å². The fourth-order valence-electron chi connectivity index (χ4n) is 1.59. The Balaban J connectivity index is 1.74. The minimum atomic E-state index is -0.948. The quantitative estimate of drug-likeness (QED) is 0.771. The van der Waals surface area contributed by atoms with E-state index in [0.29, 0.717) is 12.3 Å². The van der Waals surface area contributed by atoms with Crippen molar-refractivity contribution in [3.63, 3.8) is 0 Å². The first kappa shape index (κ1) is 11.1. The van der Waals surface area contributed by atoms with Crippen LogP contribution >= 0.6 is 0 Å². The molecule has 0 unspecified atom stereocenters. The molecule has 0 saturated heterocycles. The second-order valence-corrected chi connectivity index (χ2v) is 4.29. The van der Waals surface area contributed by atoms with Gasteiger partial charge in [-0.15, -0.1) is 0 Å². The zero-order valence-electron chi connectivity index (χ0n) is 9.13. The number of hydrogen-bond acceptors (Lipinski definition) is 3. The van der Waals surface area contributed by atoms with Gasteiger partial charge in [-0.2, -0.15) is 0 Å². The Bertz CT molecular complexity index is 343. The smallest absolute Gasteiger partial charge is 0.335 e. The third-order valence-electron chi connectivity index (χ3n) is 2.75. The maximum atomic E-state index is 11.4. The molecule has 16 heavy (non-hydrogen) atoms. The van der Waals surface area contributed by atoms with Crippen molar-refractivity contribution < 1.29 is 14.6 Å². The van der Waals surface area contributed by atoms with E-state index in [-0.39, 0.29) is 6.61 Å². The van der Waals surface area contributed by atoms with E-state index in [2.05, 4.69) is 0 Å². The molecule has 0 aromatic heterocycles. The third-order valence-corrected chi connectivity index (χ3v) is 2.75. The van der Waals surface area contributed by atoms with Crippen LogP contribution in [0.4, 0.5) is 0 Å². The number of rotatable bonds is 5. The van der Waals surface area contributed by atoms with Gasteiger partial charge in [0.15, 0.2) is 6.10 Å². The minimum absolute atomic E-state index is 0.237. The number of aliphatic hydroxyl groups is 1. The van der Waals surface area contributed by atoms with Crippen LogP contribution in [0.25, 0.3) is 0 Å². The van der Waals surface area contributed by atoms with Gasteiger partial charge in [-0.1, -0.05) is 43.2 Å². The molecule has 1 N–H and O–H groups in total. The van der Waals surface area contributed by atoms with Crippen LogP contribution < -0.4 is 0 Å². The highest BCUT2D eigenvalue weighted by Crippen LogP contribution is 2.33. The summed E-state index contributed by atoms with van der Waals surface area (Å²) in [6, 6.07) is 9.47. The molecule has 1 aromatic rings. The van der Waals surface area contributed by atoms with Crippen molar-refractivity contribution in [1.82, 2.24) is 0 Å². The zero-order valence-corrected chi connectivity index (χ0v) is 9.13. The van der Waals surface area contributed by atoms with E-state index in [0.717, 1.165) is 18.4 Å². The predicted molar refractivity (Wildman–Crippen MR) is 59.6 cm³/mol. The summed E-state index contributed by atoms with van der Waals surface area (Å²) in [5.74, 6) is 0.0232. The maximum Gasteiger partial charge on any atom is 0.335 e. The van der Waals surface area contributed by atoms with Crippen molar-refractivity contribution in [1.29, 1.82) is 0 Å². The lowest BCUT2D eigenvalue weighted by Crippen LogP contribution is -2.23. The summed E-state index contributed by atoms with van der Waals surface area (Å²) in [5, 5.41) is 9.53. The monoisotopic (exact) mass is 220 g/mol. The highest BCUT2D eigenvalue weighted by atomic mass is 16.5. The van der Waals surface area contributed by atoms with Gasteiger partial charge in [0.2, 0.25) is 0 Å². The summed E-state index contributed by atoms with van der Waals surface area (Å²) in [7, 11) is 0. The van der Waals surface area contributed by atoms with Crippen molar-refractivity contribution in [3.8, 4) is 0 Å². The Hall–Kier alpha value is -1.35. The molecule has 0 radical (unpaired) electrons. The molecule has 0 amide bonds. The SMILES string of the molecule is O=C(OCc1ccccc1)[C@@H](O)CC1CC1. The van der Waals surface area contributed by atoms with Crippen LogP contribution in [0.5, 0.6) is 0 Å². The Morgan fingerprint density at radius 1 is 1.38 bits per heavy atom. The van der Waals surface area contributed by atoms with Crippen LogP contribution in [0.2, 0.25) is 0 Å². The molecular formula is C13H16O3. The van der Waals surface area contributed by atoms with Crippen molar-refractivity contribution in [2.24, 2.45) is 5.92 Å². The molecule has 2 rings (SSSR count). The first-order valence-electron chi connectivity index (χ1n) is 5.64. The average Bonchev–Trinajstić information content (AvgIpc) is 3.11. The Labute approximate surface area is 95.0 Å². The van der Waals surface area contributed by atoms with Crippen molar-refractivity contribution in [2.45, 2.75) is 32.0 Å². The average molecular weight is 220 g/mol. The molecule has 1 atom stereocenters. The summed E-state index contributed by atoms with van der Waals surface area (Å²) in [6.07, 6.45) is 1.86. The standard InChI is InChI=1S/C13H16O3/c14-12(8-10-6-7-10)13(15)16-9-11-4-2-1-3-5-11/h1-5,10,12,14H,6-9H2/t12-/m0/s1. The molecule has 1 fully saturated rings. The molecule has 0 spiro atoms. The summed E-state index contributed by atoms with van der Waals surface area (Å²) >= 11 is 0. The van der Waals surface area contributed by atoms with E-state index < -0.39 is 12.1 Å². The summed E-state index contributed by atoms with van der Waals surface area (Å²) in [5.41, 5.74) is 0.939. The lowest BCUT2D eigenvalue weighted by atomic mass is 10.2. The second kappa shape index (κ2) is 5.12. The number of carbonyl (C=O) groups is 1. The normalized spacial score (nSPS) is 16.8. The number of benzene rings is 1. The van der Waals surface area contributed by atoms with Crippen LogP contribution in [-0.4, -0.2) is 17.2 Å². The van der Waals surface area contributed by atoms with Crippen LogP contribution in [0.1, 0.15) is 24.8 Å². The molecule has 1 saturated carbocycles. The van der Waals surface area contributed by atoms with E-state index in [1.807, 2.05) is 30.3 Å². The van der Waals surface area contributed by atoms with Gasteiger partial charge in [-0.3, -0.25) is 0 Å². The molecule has 0 aliphatic heterocycles. The van der Waals surface area contributed by atoms with E-state index in [1.54, 1.807) is 0 Å². The Morgan fingerprint density at radius 3 is 2.69 bits per heavy atom. The number of esters is 1. The fourth-order valence-corrected chi connectivity index (χ4v) is 1.59. The van der Waals surface area contributed by atoms with E-state index in [1.165, 1.54) is 0 Å². The molecule has 3 heteroatoms. The van der Waals surface area contributed by atoms with Gasteiger partial charge >= 0.3 is 5.97 Å². The van der Waals surface area contributed by atoms with E-state index >= 15 is 0 Å². The highest BCUT2D eigenvalue weighted by Gasteiger charge is 2.28. The Kier molecular flexibility index (Phi) is 3.57. The van der Waals surface area contributed by atoms with Crippen molar-refractivity contribution in [2.75, 3.05) is 0 Å². The molecule has 1 aliphatic rings. The molecular weight excluding hydrogens is 204 g/mol.